The Balaban J connectivity index is 1.93. The molecule has 1 aromatic heterocycles. The van der Waals surface area contributed by atoms with Crippen molar-refractivity contribution in [3.05, 3.63) is 53.6 Å². The van der Waals surface area contributed by atoms with Crippen molar-refractivity contribution in [2.75, 3.05) is 0 Å². The smallest absolute Gasteiger partial charge is 0.423 e. The van der Waals surface area contributed by atoms with Gasteiger partial charge in [-0.05, 0) is 29.7 Å². The lowest BCUT2D eigenvalue weighted by molar-refractivity contribution is 0.426. The number of benzene rings is 2. The molecule has 5 nitrogen and oxygen atoms in total. The summed E-state index contributed by atoms with van der Waals surface area (Å²) in [4.78, 5) is 0. The Bertz CT molecular complexity index is 759. The Labute approximate surface area is 126 Å². The molecule has 0 amide bonds. The second-order valence-electron chi connectivity index (χ2n) is 4.39. The van der Waals surface area contributed by atoms with Gasteiger partial charge in [0.05, 0.1) is 10.6 Å². The molecule has 0 atom stereocenters. The van der Waals surface area contributed by atoms with E-state index in [0.717, 1.165) is 0 Å². The molecule has 2 aromatic carbocycles. The molecule has 0 fully saturated rings. The van der Waals surface area contributed by atoms with Crippen molar-refractivity contribution in [3.63, 3.8) is 0 Å². The third-order valence-electron chi connectivity index (χ3n) is 2.99. The topological polar surface area (TPSA) is 79.4 Å². The molecule has 2 N–H and O–H groups in total. The first-order valence-electron chi connectivity index (χ1n) is 6.20. The molecule has 3 rings (SSSR count). The summed E-state index contributed by atoms with van der Waals surface area (Å²) in [5, 5.41) is 26.6. The largest absolute Gasteiger partial charge is 0.488 e. The fraction of sp³-hybridized carbons (Fsp3) is 0. The van der Waals surface area contributed by atoms with Gasteiger partial charge in [-0.1, -0.05) is 35.9 Å². The summed E-state index contributed by atoms with van der Waals surface area (Å²) in [5.41, 5.74) is 1.75. The van der Waals surface area contributed by atoms with Gasteiger partial charge >= 0.3 is 7.12 Å². The van der Waals surface area contributed by atoms with Gasteiger partial charge in [-0.15, -0.1) is 10.2 Å². The maximum Gasteiger partial charge on any atom is 0.488 e. The van der Waals surface area contributed by atoms with Crippen molar-refractivity contribution >= 4 is 24.2 Å². The molecule has 3 aromatic rings. The minimum Gasteiger partial charge on any atom is -0.423 e. The van der Waals surface area contributed by atoms with Gasteiger partial charge in [0.2, 0.25) is 11.8 Å². The van der Waals surface area contributed by atoms with Crippen LogP contribution in [0.5, 0.6) is 0 Å². The first-order valence-corrected chi connectivity index (χ1v) is 6.58. The third-order valence-corrected chi connectivity index (χ3v) is 3.31. The highest BCUT2D eigenvalue weighted by Crippen LogP contribution is 2.28. The van der Waals surface area contributed by atoms with Crippen LogP contribution in [0.4, 0.5) is 0 Å². The van der Waals surface area contributed by atoms with E-state index < -0.39 is 7.12 Å². The van der Waals surface area contributed by atoms with E-state index in [4.69, 9.17) is 26.1 Å². The molecule has 0 aliphatic heterocycles. The standard InChI is InChI=1S/C14H10BClN2O3/c16-12-4-2-1-3-11(12)14-18-17-13(21-14)9-5-7-10(8-6-9)15(19)20/h1-8,19-20H. The van der Waals surface area contributed by atoms with E-state index in [1.807, 2.05) is 12.1 Å². The molecule has 0 saturated carbocycles. The Kier molecular flexibility index (Phi) is 3.75. The van der Waals surface area contributed by atoms with Crippen LogP contribution in [0.25, 0.3) is 22.9 Å². The fourth-order valence-corrected chi connectivity index (χ4v) is 2.10. The molecule has 21 heavy (non-hydrogen) atoms. The van der Waals surface area contributed by atoms with Crippen LogP contribution < -0.4 is 5.46 Å². The van der Waals surface area contributed by atoms with Gasteiger partial charge in [-0.2, -0.15) is 0 Å². The van der Waals surface area contributed by atoms with Crippen LogP contribution in [-0.2, 0) is 0 Å². The van der Waals surface area contributed by atoms with Crippen LogP contribution in [-0.4, -0.2) is 27.4 Å². The molecule has 7 heteroatoms. The van der Waals surface area contributed by atoms with E-state index in [0.29, 0.717) is 33.4 Å². The number of rotatable bonds is 3. The molecule has 0 spiro atoms. The fourth-order valence-electron chi connectivity index (χ4n) is 1.88. The molecule has 0 aliphatic rings. The SMILES string of the molecule is OB(O)c1ccc(-c2nnc(-c3ccccc3Cl)o2)cc1. The lowest BCUT2D eigenvalue weighted by atomic mass is 9.80. The van der Waals surface area contributed by atoms with Gasteiger partial charge in [0.1, 0.15) is 0 Å². The summed E-state index contributed by atoms with van der Waals surface area (Å²) in [6, 6.07) is 13.7. The molecule has 104 valence electrons. The lowest BCUT2D eigenvalue weighted by Crippen LogP contribution is -2.29. The van der Waals surface area contributed by atoms with Gasteiger partial charge < -0.3 is 14.5 Å². The Morgan fingerprint density at radius 1 is 0.905 bits per heavy atom. The lowest BCUT2D eigenvalue weighted by Gasteiger charge is -2.00. The van der Waals surface area contributed by atoms with Crippen LogP contribution in [0.1, 0.15) is 0 Å². The molecule has 0 saturated heterocycles. The van der Waals surface area contributed by atoms with E-state index in [1.54, 1.807) is 36.4 Å². The van der Waals surface area contributed by atoms with E-state index in [2.05, 4.69) is 10.2 Å². The quantitative estimate of drug-likeness (QED) is 0.720. The summed E-state index contributed by atoms with van der Waals surface area (Å²) < 4.78 is 5.61. The highest BCUT2D eigenvalue weighted by molar-refractivity contribution is 6.58. The van der Waals surface area contributed by atoms with E-state index in [-0.39, 0.29) is 0 Å². The molecule has 0 aliphatic carbocycles. The number of nitrogens with zero attached hydrogens (tertiary/aromatic N) is 2. The number of hydrogen-bond donors (Lipinski definition) is 2. The van der Waals surface area contributed by atoms with Crippen LogP contribution in [0.2, 0.25) is 5.02 Å². The van der Waals surface area contributed by atoms with Crippen molar-refractivity contribution in [2.24, 2.45) is 0 Å². The minimum absolute atomic E-state index is 0.335. The monoisotopic (exact) mass is 300 g/mol. The van der Waals surface area contributed by atoms with Crippen molar-refractivity contribution in [1.82, 2.24) is 10.2 Å². The predicted molar refractivity (Wildman–Crippen MR) is 80.0 cm³/mol. The predicted octanol–water partition coefficient (Wildman–Crippen LogP) is 1.74. The second-order valence-corrected chi connectivity index (χ2v) is 4.80. The molecule has 1 heterocycles. The normalized spacial score (nSPS) is 10.6. The highest BCUT2D eigenvalue weighted by Gasteiger charge is 2.14. The van der Waals surface area contributed by atoms with Gasteiger partial charge in [-0.3, -0.25) is 0 Å². The Morgan fingerprint density at radius 3 is 2.24 bits per heavy atom. The minimum atomic E-state index is -1.50. The van der Waals surface area contributed by atoms with Crippen molar-refractivity contribution in [1.29, 1.82) is 0 Å². The van der Waals surface area contributed by atoms with E-state index in [1.165, 1.54) is 0 Å². The van der Waals surface area contributed by atoms with Crippen LogP contribution in [0.3, 0.4) is 0 Å². The number of hydrogen-bond acceptors (Lipinski definition) is 5. The maximum absolute atomic E-state index is 9.06. The molecular formula is C14H10BClN2O3. The number of aromatic nitrogens is 2. The summed E-state index contributed by atoms with van der Waals surface area (Å²) in [5.74, 6) is 0.672. The summed E-state index contributed by atoms with van der Waals surface area (Å²) in [6.07, 6.45) is 0. The van der Waals surface area contributed by atoms with Crippen LogP contribution in [0.15, 0.2) is 52.9 Å². The van der Waals surface area contributed by atoms with E-state index in [9.17, 15) is 0 Å². The Hall–Kier alpha value is -2.15. The first-order chi connectivity index (χ1) is 10.1. The van der Waals surface area contributed by atoms with Gasteiger partial charge in [0, 0.05) is 5.56 Å². The third kappa shape index (κ3) is 2.83. The number of halogens is 1. The molecule has 0 bridgehead atoms. The second kappa shape index (κ2) is 5.69. The maximum atomic E-state index is 9.06. The summed E-state index contributed by atoms with van der Waals surface area (Å²) >= 11 is 6.09. The molecule has 0 radical (unpaired) electrons. The van der Waals surface area contributed by atoms with Gasteiger partial charge in [0.15, 0.2) is 0 Å². The van der Waals surface area contributed by atoms with Crippen LogP contribution in [0, 0.1) is 0 Å². The molecular weight excluding hydrogens is 290 g/mol. The van der Waals surface area contributed by atoms with Crippen molar-refractivity contribution < 1.29 is 14.5 Å². The van der Waals surface area contributed by atoms with Crippen molar-refractivity contribution in [2.45, 2.75) is 0 Å². The average Bonchev–Trinajstić information content (AvgIpc) is 2.97. The van der Waals surface area contributed by atoms with Gasteiger partial charge in [0.25, 0.3) is 0 Å². The summed E-state index contributed by atoms with van der Waals surface area (Å²) in [7, 11) is -1.50. The van der Waals surface area contributed by atoms with Crippen molar-refractivity contribution in [3.8, 4) is 22.9 Å². The Morgan fingerprint density at radius 2 is 1.57 bits per heavy atom. The van der Waals surface area contributed by atoms with Crippen LogP contribution >= 0.6 is 11.6 Å². The zero-order valence-electron chi connectivity index (χ0n) is 10.8. The zero-order chi connectivity index (χ0) is 14.8. The van der Waals surface area contributed by atoms with E-state index >= 15 is 0 Å². The first kappa shape index (κ1) is 13.8. The highest BCUT2D eigenvalue weighted by atomic mass is 35.5. The average molecular weight is 301 g/mol. The zero-order valence-corrected chi connectivity index (χ0v) is 11.5. The van der Waals surface area contributed by atoms with Gasteiger partial charge in [-0.25, -0.2) is 0 Å². The summed E-state index contributed by atoms with van der Waals surface area (Å²) in [6.45, 7) is 0. The molecule has 0 unspecified atom stereocenters.